The van der Waals surface area contributed by atoms with Gasteiger partial charge in [0.1, 0.15) is 5.75 Å². The summed E-state index contributed by atoms with van der Waals surface area (Å²) in [4.78, 5) is 0.216. The highest BCUT2D eigenvalue weighted by Gasteiger charge is 2.12. The molecule has 0 fully saturated rings. The van der Waals surface area contributed by atoms with E-state index in [1.54, 1.807) is 12.1 Å². The third kappa shape index (κ3) is 6.24. The van der Waals surface area contributed by atoms with Crippen molar-refractivity contribution in [1.29, 1.82) is 0 Å². The Morgan fingerprint density at radius 1 is 1.26 bits per heavy atom. The lowest BCUT2D eigenvalue weighted by molar-refractivity contribution is 0.271. The summed E-state index contributed by atoms with van der Waals surface area (Å²) in [6.07, 6.45) is 0. The molecule has 0 atom stereocenters. The number of benzene rings is 1. The average Bonchev–Trinajstić information content (AvgIpc) is 2.34. The molecule has 0 aliphatic rings. The van der Waals surface area contributed by atoms with Gasteiger partial charge in [-0.3, -0.25) is 0 Å². The highest BCUT2D eigenvalue weighted by atomic mass is 35.5. The fourth-order valence-electron chi connectivity index (χ4n) is 1.25. The highest BCUT2D eigenvalue weighted by Crippen LogP contribution is 2.16. The van der Waals surface area contributed by atoms with Crippen molar-refractivity contribution in [3.63, 3.8) is 0 Å². The molecule has 0 heterocycles. The van der Waals surface area contributed by atoms with Crippen molar-refractivity contribution in [3.05, 3.63) is 24.3 Å². The zero-order valence-corrected chi connectivity index (χ0v) is 12.8. The van der Waals surface area contributed by atoms with E-state index in [1.165, 1.54) is 12.1 Å². The van der Waals surface area contributed by atoms with Crippen LogP contribution in [0.2, 0.25) is 0 Å². The first-order chi connectivity index (χ1) is 8.45. The van der Waals surface area contributed by atoms with Gasteiger partial charge in [-0.05, 0) is 30.2 Å². The minimum absolute atomic E-state index is 0. The van der Waals surface area contributed by atoms with Gasteiger partial charge in [0.15, 0.2) is 0 Å². The number of nitrogens with one attached hydrogen (secondary N) is 1. The topological polar surface area (TPSA) is 81.4 Å². The maximum absolute atomic E-state index is 11.8. The van der Waals surface area contributed by atoms with Crippen LogP contribution < -0.4 is 15.2 Å². The van der Waals surface area contributed by atoms with E-state index in [0.717, 1.165) is 0 Å². The number of sulfonamides is 1. The summed E-state index contributed by atoms with van der Waals surface area (Å²) in [7, 11) is -3.46. The van der Waals surface area contributed by atoms with E-state index >= 15 is 0 Å². The molecule has 7 heteroatoms. The maximum atomic E-state index is 11.8. The molecule has 0 saturated carbocycles. The first-order valence-corrected chi connectivity index (χ1v) is 7.36. The normalized spacial score (nSPS) is 11.2. The quantitative estimate of drug-likeness (QED) is 0.797. The van der Waals surface area contributed by atoms with Crippen LogP contribution in [0.15, 0.2) is 29.2 Å². The van der Waals surface area contributed by atoms with E-state index < -0.39 is 10.0 Å². The Kier molecular flexibility index (Phi) is 8.01. The first-order valence-electron chi connectivity index (χ1n) is 5.88. The predicted octanol–water partition coefficient (Wildman–Crippen LogP) is 1.38. The monoisotopic (exact) mass is 308 g/mol. The molecule has 1 aromatic carbocycles. The Morgan fingerprint density at radius 3 is 2.32 bits per heavy atom. The van der Waals surface area contributed by atoms with Crippen LogP contribution in [0.4, 0.5) is 0 Å². The Labute approximate surface area is 121 Å². The van der Waals surface area contributed by atoms with Crippen molar-refractivity contribution < 1.29 is 13.2 Å². The van der Waals surface area contributed by atoms with Gasteiger partial charge in [0, 0.05) is 13.1 Å². The minimum atomic E-state index is -3.46. The van der Waals surface area contributed by atoms with Crippen molar-refractivity contribution in [2.75, 3.05) is 19.7 Å². The van der Waals surface area contributed by atoms with E-state index in [4.69, 9.17) is 10.5 Å². The smallest absolute Gasteiger partial charge is 0.240 e. The zero-order valence-electron chi connectivity index (χ0n) is 11.1. The number of ether oxygens (including phenoxy) is 1. The van der Waals surface area contributed by atoms with Crippen molar-refractivity contribution in [1.82, 2.24) is 4.72 Å². The van der Waals surface area contributed by atoms with Gasteiger partial charge >= 0.3 is 0 Å². The predicted molar refractivity (Wildman–Crippen MR) is 78.3 cm³/mol. The van der Waals surface area contributed by atoms with E-state index in [0.29, 0.717) is 18.3 Å². The van der Waals surface area contributed by atoms with Gasteiger partial charge < -0.3 is 10.5 Å². The van der Waals surface area contributed by atoms with E-state index in [1.807, 2.05) is 0 Å². The molecule has 1 aromatic rings. The van der Waals surface area contributed by atoms with E-state index in [2.05, 4.69) is 18.6 Å². The largest absolute Gasteiger partial charge is 0.493 e. The van der Waals surface area contributed by atoms with Crippen LogP contribution in [0.5, 0.6) is 5.75 Å². The maximum Gasteiger partial charge on any atom is 0.240 e. The van der Waals surface area contributed by atoms with E-state index in [-0.39, 0.29) is 30.4 Å². The molecule has 1 rings (SSSR count). The molecule has 19 heavy (non-hydrogen) atoms. The van der Waals surface area contributed by atoms with Crippen molar-refractivity contribution in [3.8, 4) is 5.75 Å². The van der Waals surface area contributed by atoms with Crippen LogP contribution in [0, 0.1) is 5.92 Å². The van der Waals surface area contributed by atoms with Gasteiger partial charge in [-0.1, -0.05) is 13.8 Å². The second-order valence-corrected chi connectivity index (χ2v) is 6.13. The molecule has 5 nitrogen and oxygen atoms in total. The molecule has 0 spiro atoms. The first kappa shape index (κ1) is 18.2. The second-order valence-electron chi connectivity index (χ2n) is 4.36. The standard InChI is InChI=1S/C12H20N2O3S.ClH/c1-10(2)9-17-11-3-5-12(6-4-11)18(15,16)14-8-7-13;/h3-6,10,14H,7-9,13H2,1-2H3;1H. The molecule has 0 unspecified atom stereocenters. The van der Waals surface area contributed by atoms with Gasteiger partial charge in [0.05, 0.1) is 11.5 Å². The summed E-state index contributed by atoms with van der Waals surface area (Å²) >= 11 is 0. The number of rotatable bonds is 7. The molecule has 0 amide bonds. The van der Waals surface area contributed by atoms with E-state index in [9.17, 15) is 8.42 Å². The highest BCUT2D eigenvalue weighted by molar-refractivity contribution is 7.89. The molecule has 0 radical (unpaired) electrons. The summed E-state index contributed by atoms with van der Waals surface area (Å²) in [6, 6.07) is 6.35. The summed E-state index contributed by atoms with van der Waals surface area (Å²) in [5.74, 6) is 1.10. The molecular weight excluding hydrogens is 288 g/mol. The van der Waals surface area contributed by atoms with Crippen LogP contribution >= 0.6 is 12.4 Å². The fourth-order valence-corrected chi connectivity index (χ4v) is 2.30. The zero-order chi connectivity index (χ0) is 13.6. The van der Waals surface area contributed by atoms with Crippen molar-refractivity contribution in [2.24, 2.45) is 11.7 Å². The Morgan fingerprint density at radius 2 is 1.84 bits per heavy atom. The SMILES string of the molecule is CC(C)COc1ccc(S(=O)(=O)NCCN)cc1.Cl. The lowest BCUT2D eigenvalue weighted by Gasteiger charge is -2.09. The minimum Gasteiger partial charge on any atom is -0.493 e. The summed E-state index contributed by atoms with van der Waals surface area (Å²) in [5, 5.41) is 0. The van der Waals surface area contributed by atoms with Crippen molar-refractivity contribution >= 4 is 22.4 Å². The number of halogens is 1. The number of hydrogen-bond donors (Lipinski definition) is 2. The Bertz CT molecular complexity index is 460. The van der Waals surface area contributed by atoms with Crippen LogP contribution in [-0.2, 0) is 10.0 Å². The van der Waals surface area contributed by atoms with Crippen LogP contribution in [0.25, 0.3) is 0 Å². The summed E-state index contributed by atoms with van der Waals surface area (Å²) in [5.41, 5.74) is 5.26. The van der Waals surface area contributed by atoms with Gasteiger partial charge in [-0.15, -0.1) is 12.4 Å². The van der Waals surface area contributed by atoms with Gasteiger partial charge in [0.2, 0.25) is 10.0 Å². The lowest BCUT2D eigenvalue weighted by Crippen LogP contribution is -2.29. The van der Waals surface area contributed by atoms with Crippen LogP contribution in [0.3, 0.4) is 0 Å². The lowest BCUT2D eigenvalue weighted by atomic mass is 10.2. The molecular formula is C12H21ClN2O3S. The second kappa shape index (κ2) is 8.37. The van der Waals surface area contributed by atoms with Crippen LogP contribution in [-0.4, -0.2) is 28.1 Å². The Hall–Kier alpha value is -0.820. The third-order valence-corrected chi connectivity index (χ3v) is 3.63. The molecule has 3 N–H and O–H groups in total. The summed E-state index contributed by atoms with van der Waals surface area (Å²) in [6.45, 7) is 5.21. The molecule has 0 aliphatic carbocycles. The van der Waals surface area contributed by atoms with Gasteiger partial charge in [-0.2, -0.15) is 0 Å². The molecule has 0 aromatic heterocycles. The molecule has 0 bridgehead atoms. The summed E-state index contributed by atoms with van der Waals surface area (Å²) < 4.78 is 31.4. The van der Waals surface area contributed by atoms with Gasteiger partial charge in [0.25, 0.3) is 0 Å². The number of nitrogens with two attached hydrogens (primary N) is 1. The molecule has 110 valence electrons. The molecule has 0 saturated heterocycles. The molecule has 0 aliphatic heterocycles. The average molecular weight is 309 g/mol. The van der Waals surface area contributed by atoms with Gasteiger partial charge in [-0.25, -0.2) is 13.1 Å². The number of hydrogen-bond acceptors (Lipinski definition) is 4. The third-order valence-electron chi connectivity index (χ3n) is 2.15. The van der Waals surface area contributed by atoms with Crippen molar-refractivity contribution in [2.45, 2.75) is 18.7 Å². The fraction of sp³-hybridized carbons (Fsp3) is 0.500. The van der Waals surface area contributed by atoms with Crippen LogP contribution in [0.1, 0.15) is 13.8 Å². The Balaban J connectivity index is 0.00000324.